The molecule has 108 valence electrons. The lowest BCUT2D eigenvalue weighted by molar-refractivity contribution is 0.0996. The van der Waals surface area contributed by atoms with Crippen LogP contribution in [0.15, 0.2) is 36.4 Å². The van der Waals surface area contributed by atoms with E-state index >= 15 is 0 Å². The van der Waals surface area contributed by atoms with Crippen LogP contribution in [0.5, 0.6) is 0 Å². The van der Waals surface area contributed by atoms with E-state index < -0.39 is 34.5 Å². The van der Waals surface area contributed by atoms with Gasteiger partial charge in [-0.25, -0.2) is 13.2 Å². The fraction of sp³-hybridized carbons (Fsp3) is 0. The summed E-state index contributed by atoms with van der Waals surface area (Å²) >= 11 is 0. The maximum atomic E-state index is 13.9. The van der Waals surface area contributed by atoms with Crippen molar-refractivity contribution in [3.8, 4) is 11.1 Å². The van der Waals surface area contributed by atoms with Crippen molar-refractivity contribution in [1.29, 1.82) is 0 Å². The molecule has 2 N–H and O–H groups in total. The van der Waals surface area contributed by atoms with E-state index in [1.54, 1.807) is 0 Å². The Labute approximate surface area is 125 Å². The smallest absolute Gasteiger partial charge is 0.251 e. The number of primary amides is 1. The Morgan fingerprint density at radius 2 is 1.40 bits per heavy atom. The molecule has 0 aliphatic heterocycles. The Morgan fingerprint density at radius 3 is 1.90 bits per heavy atom. The van der Waals surface area contributed by atoms with Gasteiger partial charge in [-0.1, -0.05) is 18.2 Å². The van der Waals surface area contributed by atoms with Gasteiger partial charge in [-0.3, -0.25) is 4.79 Å². The number of benzene rings is 2. The standard InChI is InChI=1S/C13H8F3NO.2ClH/c14-9-5-2-6-10(15)11(9)7-3-1-4-8(12(7)16)13(17)18;;/h1-6H,(H2,17,18);2*1H. The van der Waals surface area contributed by atoms with Crippen molar-refractivity contribution in [2.24, 2.45) is 5.73 Å². The fourth-order valence-electron chi connectivity index (χ4n) is 1.67. The van der Waals surface area contributed by atoms with E-state index in [1.807, 2.05) is 0 Å². The second-order valence-electron chi connectivity index (χ2n) is 3.63. The van der Waals surface area contributed by atoms with Crippen LogP contribution in [0.25, 0.3) is 11.1 Å². The zero-order valence-electron chi connectivity index (χ0n) is 9.90. The SMILES string of the molecule is Cl.Cl.NC(=O)c1cccc(-c2c(F)cccc2F)c1F. The molecule has 2 aromatic carbocycles. The molecule has 0 atom stereocenters. The molecule has 0 saturated heterocycles. The highest BCUT2D eigenvalue weighted by Crippen LogP contribution is 2.29. The number of halogens is 5. The van der Waals surface area contributed by atoms with E-state index in [9.17, 15) is 18.0 Å². The zero-order chi connectivity index (χ0) is 13.3. The summed E-state index contributed by atoms with van der Waals surface area (Å²) in [5, 5.41) is 0. The Bertz CT molecular complexity index is 615. The predicted molar refractivity (Wildman–Crippen MR) is 74.8 cm³/mol. The minimum absolute atomic E-state index is 0. The Hall–Kier alpha value is -1.72. The van der Waals surface area contributed by atoms with E-state index in [1.165, 1.54) is 18.2 Å². The van der Waals surface area contributed by atoms with Crippen LogP contribution in [-0.2, 0) is 0 Å². The van der Waals surface area contributed by atoms with Gasteiger partial charge in [0.25, 0.3) is 5.91 Å². The van der Waals surface area contributed by atoms with Crippen LogP contribution in [0.2, 0.25) is 0 Å². The highest BCUT2D eigenvalue weighted by atomic mass is 35.5. The lowest BCUT2D eigenvalue weighted by Gasteiger charge is -2.08. The second-order valence-corrected chi connectivity index (χ2v) is 3.63. The predicted octanol–water partition coefficient (Wildman–Crippen LogP) is 3.71. The molecular weight excluding hydrogens is 314 g/mol. The van der Waals surface area contributed by atoms with Crippen molar-refractivity contribution < 1.29 is 18.0 Å². The molecule has 20 heavy (non-hydrogen) atoms. The molecule has 7 heteroatoms. The molecule has 0 unspecified atom stereocenters. The summed E-state index contributed by atoms with van der Waals surface area (Å²) in [6, 6.07) is 6.83. The first kappa shape index (κ1) is 18.3. The zero-order valence-corrected chi connectivity index (χ0v) is 11.5. The molecule has 0 bridgehead atoms. The van der Waals surface area contributed by atoms with Crippen LogP contribution in [0.4, 0.5) is 13.2 Å². The molecule has 0 aliphatic carbocycles. The minimum atomic E-state index is -1.03. The van der Waals surface area contributed by atoms with E-state index in [0.717, 1.165) is 18.2 Å². The quantitative estimate of drug-likeness (QED) is 0.899. The van der Waals surface area contributed by atoms with E-state index in [4.69, 9.17) is 5.73 Å². The average Bonchev–Trinajstić information content (AvgIpc) is 2.30. The lowest BCUT2D eigenvalue weighted by Crippen LogP contribution is -2.13. The number of carbonyl (C=O) groups is 1. The van der Waals surface area contributed by atoms with Gasteiger partial charge >= 0.3 is 0 Å². The van der Waals surface area contributed by atoms with Crippen LogP contribution in [0.1, 0.15) is 10.4 Å². The van der Waals surface area contributed by atoms with Crippen LogP contribution >= 0.6 is 24.8 Å². The molecule has 2 aromatic rings. The summed E-state index contributed by atoms with van der Waals surface area (Å²) in [7, 11) is 0. The van der Waals surface area contributed by atoms with Crippen LogP contribution in [0.3, 0.4) is 0 Å². The fourth-order valence-corrected chi connectivity index (χ4v) is 1.67. The maximum absolute atomic E-state index is 13.9. The summed E-state index contributed by atoms with van der Waals surface area (Å²) in [6.45, 7) is 0. The van der Waals surface area contributed by atoms with Crippen LogP contribution in [-0.4, -0.2) is 5.91 Å². The summed E-state index contributed by atoms with van der Waals surface area (Å²) in [5.41, 5.74) is 3.72. The molecule has 0 aromatic heterocycles. The van der Waals surface area contributed by atoms with Crippen molar-refractivity contribution in [1.82, 2.24) is 0 Å². The number of hydrogen-bond acceptors (Lipinski definition) is 1. The molecule has 0 fully saturated rings. The van der Waals surface area contributed by atoms with Gasteiger partial charge in [-0.05, 0) is 18.2 Å². The third-order valence-corrected chi connectivity index (χ3v) is 2.50. The Kier molecular flexibility index (Phi) is 6.55. The number of nitrogens with two attached hydrogens (primary N) is 1. The summed E-state index contributed by atoms with van der Waals surface area (Å²) in [5.74, 6) is -3.84. The third-order valence-electron chi connectivity index (χ3n) is 2.50. The Balaban J connectivity index is 0.00000180. The summed E-state index contributed by atoms with van der Waals surface area (Å²) < 4.78 is 41.0. The van der Waals surface area contributed by atoms with E-state index in [-0.39, 0.29) is 30.4 Å². The van der Waals surface area contributed by atoms with Crippen LogP contribution < -0.4 is 5.73 Å². The normalized spacial score (nSPS) is 9.35. The molecule has 2 rings (SSSR count). The molecule has 0 aliphatic rings. The van der Waals surface area contributed by atoms with Crippen molar-refractivity contribution >= 4 is 30.7 Å². The first-order chi connectivity index (χ1) is 8.52. The van der Waals surface area contributed by atoms with Crippen molar-refractivity contribution in [3.63, 3.8) is 0 Å². The molecule has 0 spiro atoms. The monoisotopic (exact) mass is 323 g/mol. The number of rotatable bonds is 2. The van der Waals surface area contributed by atoms with Gasteiger partial charge in [0.15, 0.2) is 0 Å². The van der Waals surface area contributed by atoms with Gasteiger partial charge in [0.1, 0.15) is 17.5 Å². The molecular formula is C13H10Cl2F3NO. The molecule has 0 saturated carbocycles. The molecule has 2 nitrogen and oxygen atoms in total. The lowest BCUT2D eigenvalue weighted by atomic mass is 10.0. The summed E-state index contributed by atoms with van der Waals surface area (Å²) in [6.07, 6.45) is 0. The van der Waals surface area contributed by atoms with Crippen molar-refractivity contribution in [2.45, 2.75) is 0 Å². The Morgan fingerprint density at radius 1 is 0.900 bits per heavy atom. The van der Waals surface area contributed by atoms with Gasteiger partial charge in [0.2, 0.25) is 0 Å². The van der Waals surface area contributed by atoms with Gasteiger partial charge in [0.05, 0.1) is 11.1 Å². The highest BCUT2D eigenvalue weighted by molar-refractivity contribution is 5.94. The maximum Gasteiger partial charge on any atom is 0.251 e. The topological polar surface area (TPSA) is 43.1 Å². The van der Waals surface area contributed by atoms with E-state index in [2.05, 4.69) is 0 Å². The van der Waals surface area contributed by atoms with Crippen molar-refractivity contribution in [2.75, 3.05) is 0 Å². The largest absolute Gasteiger partial charge is 0.366 e. The molecule has 1 amide bonds. The number of amides is 1. The highest BCUT2D eigenvalue weighted by Gasteiger charge is 2.18. The average molecular weight is 324 g/mol. The van der Waals surface area contributed by atoms with Gasteiger partial charge in [0, 0.05) is 5.56 Å². The third kappa shape index (κ3) is 3.23. The summed E-state index contributed by atoms with van der Waals surface area (Å²) in [4.78, 5) is 11.0. The first-order valence-electron chi connectivity index (χ1n) is 5.05. The van der Waals surface area contributed by atoms with Gasteiger partial charge in [-0.2, -0.15) is 0 Å². The van der Waals surface area contributed by atoms with Gasteiger partial charge < -0.3 is 5.73 Å². The van der Waals surface area contributed by atoms with E-state index in [0.29, 0.717) is 0 Å². The number of carbonyl (C=O) groups excluding carboxylic acids is 1. The van der Waals surface area contributed by atoms with Gasteiger partial charge in [-0.15, -0.1) is 24.8 Å². The second kappa shape index (κ2) is 7.17. The number of hydrogen-bond donors (Lipinski definition) is 1. The molecule has 0 heterocycles. The first-order valence-corrected chi connectivity index (χ1v) is 5.05. The minimum Gasteiger partial charge on any atom is -0.366 e. The van der Waals surface area contributed by atoms with Crippen LogP contribution in [0, 0.1) is 17.5 Å². The van der Waals surface area contributed by atoms with Crippen molar-refractivity contribution in [3.05, 3.63) is 59.4 Å². The molecule has 0 radical (unpaired) electrons.